The van der Waals surface area contributed by atoms with Gasteiger partial charge in [0.2, 0.25) is 10.0 Å². The van der Waals surface area contributed by atoms with Gasteiger partial charge in [-0.1, -0.05) is 59.3 Å². The van der Waals surface area contributed by atoms with E-state index >= 15 is 0 Å². The summed E-state index contributed by atoms with van der Waals surface area (Å²) in [6.45, 7) is 3.98. The third kappa shape index (κ3) is 6.05. The van der Waals surface area contributed by atoms with Gasteiger partial charge in [-0.15, -0.1) is 10.2 Å². The van der Waals surface area contributed by atoms with Gasteiger partial charge in [0.25, 0.3) is 0 Å². The van der Waals surface area contributed by atoms with Gasteiger partial charge in [-0.25, -0.2) is 13.1 Å². The van der Waals surface area contributed by atoms with Crippen molar-refractivity contribution in [1.82, 2.24) is 19.5 Å². The normalized spacial score (nSPS) is 11.5. The van der Waals surface area contributed by atoms with Crippen molar-refractivity contribution in [3.63, 3.8) is 0 Å². The van der Waals surface area contributed by atoms with Crippen LogP contribution in [-0.4, -0.2) is 30.3 Å². The average Bonchev–Trinajstić information content (AvgIpc) is 3.25. The summed E-state index contributed by atoms with van der Waals surface area (Å²) in [5.74, 6) is 1.73. The van der Waals surface area contributed by atoms with Crippen LogP contribution < -0.4 is 9.46 Å². The third-order valence-corrected chi connectivity index (χ3v) is 8.01. The van der Waals surface area contributed by atoms with Crippen LogP contribution in [0.15, 0.2) is 76.8 Å². The van der Waals surface area contributed by atoms with E-state index < -0.39 is 10.0 Å². The molecule has 182 valence electrons. The molecule has 7 nitrogen and oxygen atoms in total. The van der Waals surface area contributed by atoms with Gasteiger partial charge in [-0.05, 0) is 61.4 Å². The Bertz CT molecular complexity index is 1440. The summed E-state index contributed by atoms with van der Waals surface area (Å²) >= 11 is 7.83. The molecule has 0 spiro atoms. The molecule has 0 aliphatic heterocycles. The Morgan fingerprint density at radius 1 is 1.03 bits per heavy atom. The molecular weight excluding hydrogens is 504 g/mol. The molecule has 1 aromatic heterocycles. The molecule has 0 amide bonds. The number of methoxy groups -OCH3 is 1. The number of benzene rings is 3. The van der Waals surface area contributed by atoms with Gasteiger partial charge in [0.1, 0.15) is 5.75 Å². The van der Waals surface area contributed by atoms with E-state index in [-0.39, 0.29) is 11.4 Å². The number of aryl methyl sites for hydroxylation is 2. The van der Waals surface area contributed by atoms with Crippen LogP contribution in [0.2, 0.25) is 5.02 Å². The zero-order chi connectivity index (χ0) is 25.0. The number of hydrogen-bond acceptors (Lipinski definition) is 6. The lowest BCUT2D eigenvalue weighted by Crippen LogP contribution is -2.25. The number of nitrogens with zero attached hydrogens (tertiary/aromatic N) is 3. The smallest absolute Gasteiger partial charge is 0.240 e. The highest BCUT2D eigenvalue weighted by atomic mass is 35.5. The maximum atomic E-state index is 12.9. The van der Waals surface area contributed by atoms with E-state index in [0.29, 0.717) is 27.5 Å². The summed E-state index contributed by atoms with van der Waals surface area (Å²) in [6.07, 6.45) is 0. The van der Waals surface area contributed by atoms with Gasteiger partial charge in [-0.2, -0.15) is 0 Å². The molecule has 0 bridgehead atoms. The van der Waals surface area contributed by atoms with E-state index in [1.165, 1.54) is 36.6 Å². The second-order valence-corrected chi connectivity index (χ2v) is 11.1. The van der Waals surface area contributed by atoms with Crippen LogP contribution in [0, 0.1) is 13.8 Å². The van der Waals surface area contributed by atoms with Crippen molar-refractivity contribution >= 4 is 33.4 Å². The molecule has 4 rings (SSSR count). The van der Waals surface area contributed by atoms with Crippen LogP contribution in [-0.2, 0) is 22.3 Å². The summed E-state index contributed by atoms with van der Waals surface area (Å²) in [6, 6.07) is 20.0. The van der Waals surface area contributed by atoms with E-state index in [0.717, 1.165) is 16.8 Å². The fourth-order valence-electron chi connectivity index (χ4n) is 3.52. The maximum Gasteiger partial charge on any atom is 0.240 e. The molecule has 1 heterocycles. The molecular formula is C25H25ClN4O3S2. The zero-order valence-corrected chi connectivity index (χ0v) is 21.9. The second-order valence-electron chi connectivity index (χ2n) is 7.94. The monoisotopic (exact) mass is 528 g/mol. The van der Waals surface area contributed by atoms with Gasteiger partial charge in [0.15, 0.2) is 11.0 Å². The van der Waals surface area contributed by atoms with Crippen LogP contribution in [0.1, 0.15) is 22.5 Å². The van der Waals surface area contributed by atoms with E-state index in [4.69, 9.17) is 16.3 Å². The molecule has 0 unspecified atom stereocenters. The number of halogens is 1. The van der Waals surface area contributed by atoms with Crippen molar-refractivity contribution in [3.05, 3.63) is 94.3 Å². The number of rotatable bonds is 9. The molecule has 0 saturated carbocycles. The van der Waals surface area contributed by atoms with Crippen molar-refractivity contribution < 1.29 is 13.2 Å². The Hall–Kier alpha value is -2.85. The maximum absolute atomic E-state index is 12.9. The number of sulfonamides is 1. The topological polar surface area (TPSA) is 86.1 Å². The minimum atomic E-state index is -3.77. The standard InChI is InChI=1S/C25H25ClN4O3S2/c1-17-5-4-6-19(13-17)16-34-25-29-28-24(30(25)23-14-20(26)8-7-18(23)2)15-27-35(31,32)22-11-9-21(33-3)10-12-22/h4-14,27H,15-16H2,1-3H3. The van der Waals surface area contributed by atoms with Crippen molar-refractivity contribution in [2.45, 2.75) is 36.2 Å². The van der Waals surface area contributed by atoms with Gasteiger partial charge in [0.05, 0.1) is 24.2 Å². The summed E-state index contributed by atoms with van der Waals surface area (Å²) in [4.78, 5) is 0.136. The molecule has 0 aliphatic rings. The molecule has 0 saturated heterocycles. The number of thioether (sulfide) groups is 1. The quantitative estimate of drug-likeness (QED) is 0.296. The molecule has 35 heavy (non-hydrogen) atoms. The fraction of sp³-hybridized carbons (Fsp3) is 0.200. The number of nitrogens with one attached hydrogen (secondary N) is 1. The van der Waals surface area contributed by atoms with Crippen LogP contribution in [0.3, 0.4) is 0 Å². The van der Waals surface area contributed by atoms with E-state index in [1.807, 2.05) is 35.8 Å². The first-order chi connectivity index (χ1) is 16.8. The minimum absolute atomic E-state index is 0.0433. The molecule has 0 aliphatic carbocycles. The van der Waals surface area contributed by atoms with Crippen molar-refractivity contribution in [1.29, 1.82) is 0 Å². The number of aromatic nitrogens is 3. The highest BCUT2D eigenvalue weighted by Crippen LogP contribution is 2.29. The SMILES string of the molecule is COc1ccc(S(=O)(=O)NCc2nnc(SCc3cccc(C)c3)n2-c2cc(Cl)ccc2C)cc1. The van der Waals surface area contributed by atoms with E-state index in [2.05, 4.69) is 40.0 Å². The Morgan fingerprint density at radius 3 is 2.51 bits per heavy atom. The Labute approximate surface area is 214 Å². The minimum Gasteiger partial charge on any atom is -0.497 e. The van der Waals surface area contributed by atoms with E-state index in [1.54, 1.807) is 12.1 Å². The second kappa shape index (κ2) is 10.8. The van der Waals surface area contributed by atoms with Gasteiger partial charge < -0.3 is 4.74 Å². The molecule has 3 aromatic carbocycles. The summed E-state index contributed by atoms with van der Waals surface area (Å²) < 4.78 is 35.4. The summed E-state index contributed by atoms with van der Waals surface area (Å²) in [5, 5.41) is 9.91. The molecule has 0 fully saturated rings. The first-order valence-electron chi connectivity index (χ1n) is 10.8. The van der Waals surface area contributed by atoms with E-state index in [9.17, 15) is 8.42 Å². The Kier molecular flexibility index (Phi) is 7.81. The summed E-state index contributed by atoms with van der Waals surface area (Å²) in [7, 11) is -2.24. The predicted octanol–water partition coefficient (Wildman–Crippen LogP) is 5.32. The lowest BCUT2D eigenvalue weighted by Gasteiger charge is -2.14. The Balaban J connectivity index is 1.64. The summed E-state index contributed by atoms with van der Waals surface area (Å²) in [5.41, 5.74) is 4.11. The van der Waals surface area contributed by atoms with Crippen molar-refractivity contribution in [3.8, 4) is 11.4 Å². The third-order valence-electron chi connectivity index (χ3n) is 5.35. The van der Waals surface area contributed by atoms with Crippen molar-refractivity contribution in [2.24, 2.45) is 0 Å². The largest absolute Gasteiger partial charge is 0.497 e. The fourth-order valence-corrected chi connectivity index (χ4v) is 5.57. The van der Waals surface area contributed by atoms with Crippen LogP contribution in [0.4, 0.5) is 0 Å². The zero-order valence-electron chi connectivity index (χ0n) is 19.5. The molecule has 0 radical (unpaired) electrons. The van der Waals surface area contributed by atoms with Crippen molar-refractivity contribution in [2.75, 3.05) is 7.11 Å². The molecule has 0 atom stereocenters. The number of hydrogen-bond donors (Lipinski definition) is 1. The molecule has 1 N–H and O–H groups in total. The molecule has 4 aromatic rings. The highest BCUT2D eigenvalue weighted by molar-refractivity contribution is 7.98. The predicted molar refractivity (Wildman–Crippen MR) is 139 cm³/mol. The number of ether oxygens (including phenoxy) is 1. The first-order valence-corrected chi connectivity index (χ1v) is 13.6. The van der Waals surface area contributed by atoms with Gasteiger partial charge in [0, 0.05) is 10.8 Å². The molecule has 10 heteroatoms. The average molecular weight is 529 g/mol. The van der Waals surface area contributed by atoms with Gasteiger partial charge in [-0.3, -0.25) is 4.57 Å². The van der Waals surface area contributed by atoms with Crippen LogP contribution in [0.5, 0.6) is 5.75 Å². The lowest BCUT2D eigenvalue weighted by molar-refractivity contribution is 0.414. The Morgan fingerprint density at radius 2 is 1.80 bits per heavy atom. The first kappa shape index (κ1) is 25.2. The lowest BCUT2D eigenvalue weighted by atomic mass is 10.2. The van der Waals surface area contributed by atoms with Gasteiger partial charge >= 0.3 is 0 Å². The van der Waals surface area contributed by atoms with Crippen LogP contribution >= 0.6 is 23.4 Å². The highest BCUT2D eigenvalue weighted by Gasteiger charge is 2.20. The van der Waals surface area contributed by atoms with Crippen LogP contribution in [0.25, 0.3) is 5.69 Å².